The average molecular weight is 312 g/mol. The van der Waals surface area contributed by atoms with Crippen LogP contribution in [0.3, 0.4) is 0 Å². The summed E-state index contributed by atoms with van der Waals surface area (Å²) in [7, 11) is 0. The number of halogens is 2. The van der Waals surface area contributed by atoms with Gasteiger partial charge in [-0.15, -0.1) is 0 Å². The third-order valence-electron chi connectivity index (χ3n) is 3.00. The highest BCUT2D eigenvalue weighted by atomic mass is 35.5. The molecule has 20 heavy (non-hydrogen) atoms. The third kappa shape index (κ3) is 2.71. The molecule has 0 spiro atoms. The van der Waals surface area contributed by atoms with Crippen molar-refractivity contribution in [2.45, 2.75) is 13.5 Å². The first-order valence-electron chi connectivity index (χ1n) is 5.78. The summed E-state index contributed by atoms with van der Waals surface area (Å²) in [5.41, 5.74) is 0.367. The minimum absolute atomic E-state index is 0.129. The zero-order chi connectivity index (χ0) is 14.9. The molecule has 0 atom stereocenters. The van der Waals surface area contributed by atoms with Crippen LogP contribution < -0.4 is 5.56 Å². The van der Waals surface area contributed by atoms with Gasteiger partial charge in [0.2, 0.25) is 0 Å². The van der Waals surface area contributed by atoms with Gasteiger partial charge in [-0.3, -0.25) is 4.79 Å². The van der Waals surface area contributed by atoms with Gasteiger partial charge in [-0.2, -0.15) is 0 Å². The molecule has 1 heterocycles. The second kappa shape index (κ2) is 5.69. The molecule has 0 aliphatic rings. The number of rotatable bonds is 3. The Hall–Kier alpha value is -1.78. The van der Waals surface area contributed by atoms with Gasteiger partial charge in [-0.05, 0) is 31.2 Å². The average Bonchev–Trinajstić information content (AvgIpc) is 2.36. The van der Waals surface area contributed by atoms with Crippen LogP contribution in [0.4, 0.5) is 0 Å². The van der Waals surface area contributed by atoms with Crippen LogP contribution in [0, 0.1) is 6.92 Å². The summed E-state index contributed by atoms with van der Waals surface area (Å²) in [5.74, 6) is -1.26. The van der Waals surface area contributed by atoms with Crippen LogP contribution >= 0.6 is 23.2 Å². The van der Waals surface area contributed by atoms with E-state index in [2.05, 4.69) is 0 Å². The van der Waals surface area contributed by atoms with Crippen LogP contribution in [0.25, 0.3) is 0 Å². The maximum Gasteiger partial charge on any atom is 0.341 e. The van der Waals surface area contributed by atoms with Crippen molar-refractivity contribution in [3.05, 3.63) is 67.6 Å². The summed E-state index contributed by atoms with van der Waals surface area (Å²) in [6.07, 6.45) is 0. The lowest BCUT2D eigenvalue weighted by atomic mass is 10.2. The van der Waals surface area contributed by atoms with E-state index in [-0.39, 0.29) is 12.1 Å². The zero-order valence-electron chi connectivity index (χ0n) is 10.6. The van der Waals surface area contributed by atoms with Gasteiger partial charge in [0.15, 0.2) is 0 Å². The first-order chi connectivity index (χ1) is 9.41. The summed E-state index contributed by atoms with van der Waals surface area (Å²) < 4.78 is 1.34. The Labute approximate surface area is 125 Å². The Morgan fingerprint density at radius 2 is 1.80 bits per heavy atom. The maximum atomic E-state index is 12.2. The van der Waals surface area contributed by atoms with Gasteiger partial charge >= 0.3 is 5.97 Å². The lowest BCUT2D eigenvalue weighted by molar-refractivity contribution is 0.0694. The number of aromatic nitrogens is 1. The Bertz CT molecular complexity index is 717. The minimum Gasteiger partial charge on any atom is -0.477 e. The van der Waals surface area contributed by atoms with E-state index in [1.807, 2.05) is 0 Å². The highest BCUT2D eigenvalue weighted by Crippen LogP contribution is 2.25. The van der Waals surface area contributed by atoms with E-state index in [4.69, 9.17) is 28.3 Å². The fourth-order valence-electron chi connectivity index (χ4n) is 1.87. The van der Waals surface area contributed by atoms with Crippen LogP contribution in [0.15, 0.2) is 35.1 Å². The van der Waals surface area contributed by atoms with Gasteiger partial charge in [-0.25, -0.2) is 4.79 Å². The molecule has 6 heteroatoms. The summed E-state index contributed by atoms with van der Waals surface area (Å²) in [4.78, 5) is 23.2. The number of benzene rings is 1. The molecule has 2 aromatic rings. The monoisotopic (exact) mass is 311 g/mol. The Morgan fingerprint density at radius 3 is 2.35 bits per heavy atom. The number of aromatic carboxylic acids is 1. The van der Waals surface area contributed by atoms with E-state index in [9.17, 15) is 9.59 Å². The van der Waals surface area contributed by atoms with Crippen molar-refractivity contribution in [2.75, 3.05) is 0 Å². The summed E-state index contributed by atoms with van der Waals surface area (Å²) in [6, 6.07) is 7.92. The first-order valence-corrected chi connectivity index (χ1v) is 6.54. The van der Waals surface area contributed by atoms with Crippen molar-refractivity contribution < 1.29 is 9.90 Å². The second-order valence-corrected chi connectivity index (χ2v) is 5.10. The predicted molar refractivity (Wildman–Crippen MR) is 78.0 cm³/mol. The van der Waals surface area contributed by atoms with Crippen molar-refractivity contribution in [1.82, 2.24) is 4.57 Å². The molecule has 0 unspecified atom stereocenters. The van der Waals surface area contributed by atoms with Gasteiger partial charge in [0.1, 0.15) is 5.56 Å². The van der Waals surface area contributed by atoms with Crippen molar-refractivity contribution in [3.63, 3.8) is 0 Å². The van der Waals surface area contributed by atoms with Crippen LogP contribution in [0.1, 0.15) is 21.6 Å². The number of carboxylic acid groups (broad SMARTS) is 1. The summed E-state index contributed by atoms with van der Waals surface area (Å²) in [6.45, 7) is 1.85. The summed E-state index contributed by atoms with van der Waals surface area (Å²) >= 11 is 12.1. The summed E-state index contributed by atoms with van der Waals surface area (Å²) in [5, 5.41) is 9.86. The van der Waals surface area contributed by atoms with Gasteiger partial charge < -0.3 is 9.67 Å². The quantitative estimate of drug-likeness (QED) is 0.947. The maximum absolute atomic E-state index is 12.2. The van der Waals surface area contributed by atoms with Gasteiger partial charge in [-0.1, -0.05) is 29.3 Å². The number of hydrogen-bond donors (Lipinski definition) is 1. The molecule has 0 bridgehead atoms. The smallest absolute Gasteiger partial charge is 0.341 e. The number of carboxylic acids is 1. The largest absolute Gasteiger partial charge is 0.477 e. The molecule has 0 fully saturated rings. The molecule has 0 aliphatic heterocycles. The van der Waals surface area contributed by atoms with E-state index >= 15 is 0 Å². The van der Waals surface area contributed by atoms with Crippen LogP contribution in [-0.2, 0) is 6.54 Å². The Kier molecular flexibility index (Phi) is 4.16. The molecule has 0 radical (unpaired) electrons. The molecule has 1 aromatic carbocycles. The number of nitrogens with zero attached hydrogens (tertiary/aromatic N) is 1. The first kappa shape index (κ1) is 14.6. The van der Waals surface area contributed by atoms with Crippen LogP contribution in [0.2, 0.25) is 10.0 Å². The SMILES string of the molecule is Cc1ccc(C(=O)O)c(=O)n1Cc1c(Cl)cccc1Cl. The standard InChI is InChI=1S/C14H11Cl2NO3/c1-8-5-6-9(14(19)20)13(18)17(8)7-10-11(15)3-2-4-12(10)16/h2-6H,7H2,1H3,(H,19,20). The number of hydrogen-bond acceptors (Lipinski definition) is 2. The molecule has 0 aliphatic carbocycles. The van der Waals surface area contributed by atoms with Gasteiger partial charge in [0, 0.05) is 21.3 Å². The lowest BCUT2D eigenvalue weighted by Crippen LogP contribution is -2.28. The van der Waals surface area contributed by atoms with Crippen LogP contribution in [-0.4, -0.2) is 15.6 Å². The lowest BCUT2D eigenvalue weighted by Gasteiger charge is -2.13. The fraction of sp³-hybridized carbons (Fsp3) is 0.143. The number of pyridine rings is 1. The zero-order valence-corrected chi connectivity index (χ0v) is 12.1. The number of aryl methyl sites for hydroxylation is 1. The Morgan fingerprint density at radius 1 is 1.20 bits per heavy atom. The van der Waals surface area contributed by atoms with Gasteiger partial charge in [0.05, 0.1) is 6.54 Å². The highest BCUT2D eigenvalue weighted by molar-refractivity contribution is 6.35. The van der Waals surface area contributed by atoms with Crippen molar-refractivity contribution >= 4 is 29.2 Å². The fourth-order valence-corrected chi connectivity index (χ4v) is 2.39. The molecular formula is C14H11Cl2NO3. The molecule has 0 saturated carbocycles. The van der Waals surface area contributed by atoms with E-state index in [1.54, 1.807) is 31.2 Å². The van der Waals surface area contributed by atoms with Crippen LogP contribution in [0.5, 0.6) is 0 Å². The topological polar surface area (TPSA) is 59.3 Å². The molecular weight excluding hydrogens is 301 g/mol. The van der Waals surface area contributed by atoms with Crippen molar-refractivity contribution in [3.8, 4) is 0 Å². The molecule has 104 valence electrons. The van der Waals surface area contributed by atoms with E-state index in [0.717, 1.165) is 0 Å². The minimum atomic E-state index is -1.26. The normalized spacial score (nSPS) is 10.6. The second-order valence-electron chi connectivity index (χ2n) is 4.29. The predicted octanol–water partition coefficient (Wildman–Crippen LogP) is 3.21. The Balaban J connectivity index is 2.57. The third-order valence-corrected chi connectivity index (χ3v) is 3.71. The van der Waals surface area contributed by atoms with E-state index in [1.165, 1.54) is 10.6 Å². The molecule has 0 amide bonds. The molecule has 1 N–H and O–H groups in total. The molecule has 0 saturated heterocycles. The molecule has 2 rings (SSSR count). The van der Waals surface area contributed by atoms with E-state index < -0.39 is 11.5 Å². The van der Waals surface area contributed by atoms with E-state index in [0.29, 0.717) is 21.3 Å². The number of carbonyl (C=O) groups is 1. The molecule has 4 nitrogen and oxygen atoms in total. The van der Waals surface area contributed by atoms with Gasteiger partial charge in [0.25, 0.3) is 5.56 Å². The molecule has 1 aromatic heterocycles. The highest BCUT2D eigenvalue weighted by Gasteiger charge is 2.14. The van der Waals surface area contributed by atoms with Crippen molar-refractivity contribution in [2.24, 2.45) is 0 Å². The van der Waals surface area contributed by atoms with Crippen molar-refractivity contribution in [1.29, 1.82) is 0 Å².